The van der Waals surface area contributed by atoms with Crippen LogP contribution in [0, 0.1) is 25.7 Å². The first-order valence-corrected chi connectivity index (χ1v) is 10.5. The van der Waals surface area contributed by atoms with Crippen molar-refractivity contribution in [2.75, 3.05) is 0 Å². The molecule has 0 saturated carbocycles. The molecule has 2 radical (unpaired) electrons. The third-order valence-corrected chi connectivity index (χ3v) is 4.90. The van der Waals surface area contributed by atoms with E-state index < -0.39 is 0 Å². The quantitative estimate of drug-likeness (QED) is 0.186. The van der Waals surface area contributed by atoms with Crippen LogP contribution in [0.4, 0.5) is 0 Å². The van der Waals surface area contributed by atoms with Crippen molar-refractivity contribution in [3.05, 3.63) is 26.0 Å². The molecule has 0 bridgehead atoms. The van der Waals surface area contributed by atoms with Crippen molar-refractivity contribution >= 4 is 0 Å². The zero-order valence-electron chi connectivity index (χ0n) is 16.3. The normalized spacial score (nSPS) is 13.3. The fourth-order valence-corrected chi connectivity index (χ4v) is 3.16. The Bertz CT molecular complexity index is 238. The molecule has 0 aromatic heterocycles. The Morgan fingerprint density at radius 2 is 1.13 bits per heavy atom. The maximum Gasteiger partial charge on any atom is -0.0210 e. The molecule has 0 heterocycles. The minimum absolute atomic E-state index is 0.784. The van der Waals surface area contributed by atoms with Gasteiger partial charge in [0.15, 0.2) is 0 Å². The van der Waals surface area contributed by atoms with Crippen LogP contribution < -0.4 is 0 Å². The van der Waals surface area contributed by atoms with Gasteiger partial charge in [-0.15, -0.1) is 0 Å². The third-order valence-electron chi connectivity index (χ3n) is 4.90. The Labute approximate surface area is 148 Å². The van der Waals surface area contributed by atoms with Crippen LogP contribution in [0.25, 0.3) is 0 Å². The van der Waals surface area contributed by atoms with Crippen molar-refractivity contribution < 1.29 is 0 Å². The van der Waals surface area contributed by atoms with E-state index in [0.29, 0.717) is 0 Å². The van der Waals surface area contributed by atoms with Crippen molar-refractivity contribution in [2.45, 2.75) is 110 Å². The highest BCUT2D eigenvalue weighted by atomic mass is 14.1. The summed E-state index contributed by atoms with van der Waals surface area (Å²) in [5.74, 6) is 1.57. The molecule has 0 saturated heterocycles. The molecule has 0 heteroatoms. The highest BCUT2D eigenvalue weighted by Crippen LogP contribution is 2.21. The molecule has 0 nitrogen and oxygen atoms in total. The molecule has 0 aromatic rings. The molecule has 1 atom stereocenters. The van der Waals surface area contributed by atoms with Crippen LogP contribution in [0.15, 0.2) is 12.2 Å². The molecule has 0 fully saturated rings. The van der Waals surface area contributed by atoms with Gasteiger partial charge in [0.2, 0.25) is 0 Å². The zero-order valence-corrected chi connectivity index (χ0v) is 16.3. The van der Waals surface area contributed by atoms with E-state index in [0.717, 1.165) is 24.7 Å². The second-order valence-electron chi connectivity index (χ2n) is 7.51. The van der Waals surface area contributed by atoms with E-state index in [9.17, 15) is 0 Å². The van der Waals surface area contributed by atoms with Gasteiger partial charge in [0.25, 0.3) is 0 Å². The molecular formula is C23H44. The summed E-state index contributed by atoms with van der Waals surface area (Å²) in [6.45, 7) is 12.6. The second-order valence-corrected chi connectivity index (χ2v) is 7.51. The van der Waals surface area contributed by atoms with Crippen molar-refractivity contribution in [3.8, 4) is 0 Å². The van der Waals surface area contributed by atoms with Gasteiger partial charge in [-0.1, -0.05) is 117 Å². The van der Waals surface area contributed by atoms with Crippen LogP contribution in [0.2, 0.25) is 0 Å². The maximum atomic E-state index is 3.92. The molecular weight excluding hydrogens is 276 g/mol. The molecule has 0 N–H and O–H groups in total. The first-order chi connectivity index (χ1) is 11.2. The number of rotatable bonds is 17. The third kappa shape index (κ3) is 16.4. The molecule has 0 aliphatic carbocycles. The fraction of sp³-hybridized carbons (Fsp3) is 0.826. The lowest BCUT2D eigenvalue weighted by Gasteiger charge is -2.16. The van der Waals surface area contributed by atoms with E-state index in [2.05, 4.69) is 39.8 Å². The summed E-state index contributed by atoms with van der Waals surface area (Å²) in [6.07, 6.45) is 25.0. The largest absolute Gasteiger partial charge is 0.0883 e. The number of allylic oxidation sites excluding steroid dienone is 2. The summed E-state index contributed by atoms with van der Waals surface area (Å²) in [6, 6.07) is 0. The Morgan fingerprint density at radius 1 is 0.652 bits per heavy atom. The minimum Gasteiger partial charge on any atom is -0.0883 e. The average molecular weight is 321 g/mol. The summed E-state index contributed by atoms with van der Waals surface area (Å²) in [7, 11) is 0. The summed E-state index contributed by atoms with van der Waals surface area (Å²) in [5, 5.41) is 0. The van der Waals surface area contributed by atoms with E-state index in [1.165, 1.54) is 83.5 Å². The van der Waals surface area contributed by atoms with Gasteiger partial charge in [-0.25, -0.2) is 0 Å². The number of unbranched alkanes of at least 4 members (excludes halogenated alkanes) is 12. The van der Waals surface area contributed by atoms with Gasteiger partial charge in [0.05, 0.1) is 0 Å². The summed E-state index contributed by atoms with van der Waals surface area (Å²) in [5.41, 5.74) is 0. The highest BCUT2D eigenvalue weighted by Gasteiger charge is 2.08. The number of hydrogen-bond acceptors (Lipinski definition) is 0. The molecule has 0 spiro atoms. The van der Waals surface area contributed by atoms with E-state index in [-0.39, 0.29) is 0 Å². The van der Waals surface area contributed by atoms with Crippen LogP contribution in [0.1, 0.15) is 110 Å². The predicted octanol–water partition coefficient (Wildman–Crippen LogP) is 8.33. The minimum atomic E-state index is 0.784. The average Bonchev–Trinajstić information content (AvgIpc) is 2.54. The van der Waals surface area contributed by atoms with E-state index in [1.54, 1.807) is 0 Å². The lowest BCUT2D eigenvalue weighted by Crippen LogP contribution is -2.05. The summed E-state index contributed by atoms with van der Waals surface area (Å²) >= 11 is 0. The maximum absolute atomic E-state index is 3.92. The van der Waals surface area contributed by atoms with Crippen LogP contribution in [-0.2, 0) is 0 Å². The Morgan fingerprint density at radius 3 is 1.65 bits per heavy atom. The summed E-state index contributed by atoms with van der Waals surface area (Å²) < 4.78 is 0. The molecule has 0 aliphatic heterocycles. The fourth-order valence-electron chi connectivity index (χ4n) is 3.16. The first kappa shape index (κ1) is 22.7. The van der Waals surface area contributed by atoms with Gasteiger partial charge in [-0.3, -0.25) is 0 Å². The van der Waals surface area contributed by atoms with Gasteiger partial charge in [0, 0.05) is 0 Å². The molecule has 23 heavy (non-hydrogen) atoms. The van der Waals surface area contributed by atoms with Crippen LogP contribution in [0.3, 0.4) is 0 Å². The molecule has 0 rings (SSSR count). The van der Waals surface area contributed by atoms with Gasteiger partial charge in [-0.05, 0) is 31.1 Å². The van der Waals surface area contributed by atoms with Crippen molar-refractivity contribution in [1.29, 1.82) is 0 Å². The Hall–Kier alpha value is -0.260. The SMILES string of the molecule is [CH2]CCCCCCCCCC=CC(CCCCCC[CH2])C(C)C. The standard InChI is InChI=1S/C23H44/c1-5-7-9-11-12-13-14-15-17-19-21-23(22(3)4)20-18-16-10-8-6-2/h19,21-23H,1-2,5-18,20H2,3-4H3. The zero-order chi connectivity index (χ0) is 17.2. The molecule has 136 valence electrons. The van der Waals surface area contributed by atoms with Crippen LogP contribution in [0.5, 0.6) is 0 Å². The smallest absolute Gasteiger partial charge is 0.0210 e. The summed E-state index contributed by atoms with van der Waals surface area (Å²) in [4.78, 5) is 0. The first-order valence-electron chi connectivity index (χ1n) is 10.5. The van der Waals surface area contributed by atoms with Gasteiger partial charge in [0.1, 0.15) is 0 Å². The van der Waals surface area contributed by atoms with Gasteiger partial charge >= 0.3 is 0 Å². The van der Waals surface area contributed by atoms with Crippen molar-refractivity contribution in [3.63, 3.8) is 0 Å². The monoisotopic (exact) mass is 320 g/mol. The topological polar surface area (TPSA) is 0 Å². The van der Waals surface area contributed by atoms with E-state index in [4.69, 9.17) is 0 Å². The van der Waals surface area contributed by atoms with Gasteiger partial charge in [-0.2, -0.15) is 0 Å². The van der Waals surface area contributed by atoms with Crippen LogP contribution in [-0.4, -0.2) is 0 Å². The molecule has 0 aliphatic rings. The molecule has 0 amide bonds. The van der Waals surface area contributed by atoms with Crippen molar-refractivity contribution in [1.82, 2.24) is 0 Å². The van der Waals surface area contributed by atoms with Gasteiger partial charge < -0.3 is 0 Å². The Kier molecular flexibility index (Phi) is 17.9. The number of hydrogen-bond donors (Lipinski definition) is 0. The lowest BCUT2D eigenvalue weighted by molar-refractivity contribution is 0.414. The van der Waals surface area contributed by atoms with Crippen LogP contribution >= 0.6 is 0 Å². The second kappa shape index (κ2) is 18.1. The lowest BCUT2D eigenvalue weighted by atomic mass is 9.89. The van der Waals surface area contributed by atoms with Crippen molar-refractivity contribution in [2.24, 2.45) is 11.8 Å². The molecule has 0 aromatic carbocycles. The highest BCUT2D eigenvalue weighted by molar-refractivity contribution is 4.89. The van der Waals surface area contributed by atoms with E-state index >= 15 is 0 Å². The molecule has 1 unspecified atom stereocenters. The predicted molar refractivity (Wildman–Crippen MR) is 107 cm³/mol. The Balaban J connectivity index is 3.58. The van der Waals surface area contributed by atoms with E-state index in [1.807, 2.05) is 0 Å².